The summed E-state index contributed by atoms with van der Waals surface area (Å²) in [6, 6.07) is 0. The molecule has 30 heavy (non-hydrogen) atoms. The minimum absolute atomic E-state index is 0.309. The Morgan fingerprint density at radius 2 is 1.97 bits per heavy atom. The van der Waals surface area contributed by atoms with E-state index in [0.29, 0.717) is 41.6 Å². The molecule has 3 aliphatic carbocycles. The molecule has 0 spiro atoms. The zero-order valence-corrected chi connectivity index (χ0v) is 19.9. The third-order valence-corrected chi connectivity index (χ3v) is 8.10. The molecule has 2 N–H and O–H groups in total. The molecule has 0 aromatic carbocycles. The van der Waals surface area contributed by atoms with Crippen LogP contribution in [0.3, 0.4) is 0 Å². The zero-order chi connectivity index (χ0) is 22.1. The molecular weight excluding hydrogens is 372 g/mol. The highest BCUT2D eigenvalue weighted by atomic mass is 16.5. The molecule has 3 aliphatic rings. The van der Waals surface area contributed by atoms with Gasteiger partial charge in [0, 0.05) is 13.0 Å². The minimum atomic E-state index is -0.614. The molecule has 3 saturated carbocycles. The van der Waals surface area contributed by atoms with E-state index in [-0.39, 0.29) is 0 Å². The maximum Gasteiger partial charge on any atom is 0.0811 e. The number of allylic oxidation sites excluding steroid dienone is 3. The Hall–Kier alpha value is -0.900. The number of rotatable bonds is 5. The van der Waals surface area contributed by atoms with Gasteiger partial charge in [0.25, 0.3) is 0 Å². The van der Waals surface area contributed by atoms with Crippen molar-refractivity contribution in [3.05, 3.63) is 35.5 Å². The first-order valence-electron chi connectivity index (χ1n) is 12.1. The first-order valence-corrected chi connectivity index (χ1v) is 12.1. The van der Waals surface area contributed by atoms with Gasteiger partial charge in [-0.15, -0.1) is 0 Å². The van der Waals surface area contributed by atoms with Gasteiger partial charge in [-0.05, 0) is 85.7 Å². The Morgan fingerprint density at radius 3 is 2.67 bits per heavy atom. The van der Waals surface area contributed by atoms with Crippen LogP contribution in [0.2, 0.25) is 0 Å². The van der Waals surface area contributed by atoms with Crippen molar-refractivity contribution in [2.75, 3.05) is 6.61 Å². The van der Waals surface area contributed by atoms with Crippen molar-refractivity contribution in [1.29, 1.82) is 0 Å². The summed E-state index contributed by atoms with van der Waals surface area (Å²) in [7, 11) is 0. The van der Waals surface area contributed by atoms with E-state index < -0.39 is 12.2 Å². The van der Waals surface area contributed by atoms with Gasteiger partial charge in [-0.25, -0.2) is 0 Å². The fraction of sp³-hybridized carbons (Fsp3) is 0.778. The van der Waals surface area contributed by atoms with Crippen molar-refractivity contribution in [1.82, 2.24) is 0 Å². The predicted molar refractivity (Wildman–Crippen MR) is 124 cm³/mol. The highest BCUT2D eigenvalue weighted by Gasteiger charge is 2.51. The molecule has 0 saturated heterocycles. The van der Waals surface area contributed by atoms with E-state index in [0.717, 1.165) is 30.6 Å². The van der Waals surface area contributed by atoms with Crippen LogP contribution in [0.5, 0.6) is 0 Å². The van der Waals surface area contributed by atoms with Gasteiger partial charge < -0.3 is 14.9 Å². The lowest BCUT2D eigenvalue weighted by Gasteiger charge is -2.44. The third kappa shape index (κ3) is 5.29. The van der Waals surface area contributed by atoms with Crippen LogP contribution in [-0.2, 0) is 4.74 Å². The first kappa shape index (κ1) is 23.8. The minimum Gasteiger partial charge on any atom is -0.393 e. The fourth-order valence-corrected chi connectivity index (χ4v) is 6.18. The molecule has 0 amide bonds. The summed E-state index contributed by atoms with van der Waals surface area (Å²) in [6.07, 6.45) is 11.9. The van der Waals surface area contributed by atoms with Gasteiger partial charge in [0.05, 0.1) is 18.3 Å². The molecule has 0 aromatic rings. The normalized spacial score (nSPS) is 38.8. The summed E-state index contributed by atoms with van der Waals surface area (Å²) in [4.78, 5) is 0. The van der Waals surface area contributed by atoms with E-state index in [4.69, 9.17) is 4.74 Å². The summed E-state index contributed by atoms with van der Waals surface area (Å²) in [5.41, 5.74) is 3.96. The molecule has 3 fully saturated rings. The molecule has 0 aromatic heterocycles. The van der Waals surface area contributed by atoms with Gasteiger partial charge >= 0.3 is 0 Å². The van der Waals surface area contributed by atoms with E-state index in [1.165, 1.54) is 25.7 Å². The van der Waals surface area contributed by atoms with Crippen molar-refractivity contribution < 1.29 is 14.9 Å². The van der Waals surface area contributed by atoms with Gasteiger partial charge in [-0.1, -0.05) is 52.0 Å². The summed E-state index contributed by atoms with van der Waals surface area (Å²) in [5, 5.41) is 20.2. The van der Waals surface area contributed by atoms with Crippen LogP contribution in [0.1, 0.15) is 86.0 Å². The Labute approximate surface area is 184 Å². The molecule has 6 atom stereocenters. The molecular formula is C27H44O3. The Morgan fingerprint density at radius 1 is 1.23 bits per heavy atom. The summed E-state index contributed by atoms with van der Waals surface area (Å²) in [6.45, 7) is 16.5. The van der Waals surface area contributed by atoms with E-state index in [1.54, 1.807) is 5.57 Å². The first-order chi connectivity index (χ1) is 14.0. The maximum atomic E-state index is 10.1. The SMILES string of the molecule is C=C1/C(=C\C=C2/CCC[C@@]3(C)C2CC[C@@H]3C(C)OCCC(C)(C)C)C[C@@H](O)C[C@@H]1O. The molecule has 0 aliphatic heterocycles. The molecule has 3 heteroatoms. The monoisotopic (exact) mass is 416 g/mol. The number of aliphatic hydroxyl groups is 2. The van der Waals surface area contributed by atoms with E-state index in [1.807, 2.05) is 0 Å². The van der Waals surface area contributed by atoms with Gasteiger partial charge in [-0.2, -0.15) is 0 Å². The van der Waals surface area contributed by atoms with Crippen LogP contribution >= 0.6 is 0 Å². The Bertz CT molecular complexity index is 683. The van der Waals surface area contributed by atoms with E-state index in [9.17, 15) is 10.2 Å². The molecule has 0 radical (unpaired) electrons. The van der Waals surface area contributed by atoms with Crippen LogP contribution < -0.4 is 0 Å². The largest absolute Gasteiger partial charge is 0.393 e. The lowest BCUT2D eigenvalue weighted by atomic mass is 9.62. The lowest BCUT2D eigenvalue weighted by molar-refractivity contribution is -0.0318. The van der Waals surface area contributed by atoms with Gasteiger partial charge in [0.15, 0.2) is 0 Å². The second-order valence-electron chi connectivity index (χ2n) is 11.6. The van der Waals surface area contributed by atoms with Gasteiger partial charge in [0.2, 0.25) is 0 Å². The third-order valence-electron chi connectivity index (χ3n) is 8.10. The molecule has 3 nitrogen and oxygen atoms in total. The topological polar surface area (TPSA) is 49.7 Å². The fourth-order valence-electron chi connectivity index (χ4n) is 6.18. The maximum absolute atomic E-state index is 10.1. The van der Waals surface area contributed by atoms with Crippen molar-refractivity contribution >= 4 is 0 Å². The van der Waals surface area contributed by atoms with Crippen LogP contribution in [0.4, 0.5) is 0 Å². The van der Waals surface area contributed by atoms with Crippen molar-refractivity contribution in [3.63, 3.8) is 0 Å². The summed E-state index contributed by atoms with van der Waals surface area (Å²) < 4.78 is 6.35. The standard InChI is InChI=1S/C27H44O3/c1-18-21(16-22(28)17-25(18)29)10-9-20-8-7-13-27(6)23(11-12-24(20)27)19(2)30-15-14-26(3,4)5/h9-10,19,22-25,28-29H,1,7-8,11-17H2,2-6H3/b20-9+,21-10-/t19?,22-,23-,24?,25+,27-/m1/s1. The smallest absolute Gasteiger partial charge is 0.0811 e. The van der Waals surface area contributed by atoms with Crippen molar-refractivity contribution in [2.45, 2.75) is 104 Å². The molecule has 2 unspecified atom stereocenters. The van der Waals surface area contributed by atoms with E-state index in [2.05, 4.69) is 53.3 Å². The van der Waals surface area contributed by atoms with Gasteiger partial charge in [0.1, 0.15) is 0 Å². The van der Waals surface area contributed by atoms with E-state index >= 15 is 0 Å². The van der Waals surface area contributed by atoms with Crippen LogP contribution in [-0.4, -0.2) is 35.1 Å². The molecule has 0 bridgehead atoms. The second-order valence-corrected chi connectivity index (χ2v) is 11.6. The molecule has 0 heterocycles. The average molecular weight is 417 g/mol. The van der Waals surface area contributed by atoms with Gasteiger partial charge in [-0.3, -0.25) is 0 Å². The number of hydrogen-bond donors (Lipinski definition) is 2. The molecule has 170 valence electrons. The van der Waals surface area contributed by atoms with Crippen molar-refractivity contribution in [3.8, 4) is 0 Å². The highest BCUT2D eigenvalue weighted by molar-refractivity contribution is 5.38. The lowest BCUT2D eigenvalue weighted by Crippen LogP contribution is -2.39. The van der Waals surface area contributed by atoms with Crippen molar-refractivity contribution in [2.24, 2.45) is 22.7 Å². The number of ether oxygens (including phenoxy) is 1. The second kappa shape index (κ2) is 9.30. The van der Waals surface area contributed by atoms with Crippen LogP contribution in [0, 0.1) is 22.7 Å². The Kier molecular flexibility index (Phi) is 7.37. The molecule has 3 rings (SSSR count). The van der Waals surface area contributed by atoms with Crippen LogP contribution in [0.15, 0.2) is 35.5 Å². The quantitative estimate of drug-likeness (QED) is 0.580. The predicted octanol–water partition coefficient (Wildman–Crippen LogP) is 5.97. The number of aliphatic hydroxyl groups excluding tert-OH is 2. The van der Waals surface area contributed by atoms with Crippen LogP contribution in [0.25, 0.3) is 0 Å². The zero-order valence-electron chi connectivity index (χ0n) is 19.9. The number of fused-ring (bicyclic) bond motifs is 1. The summed E-state index contributed by atoms with van der Waals surface area (Å²) >= 11 is 0. The Balaban J connectivity index is 1.70. The highest BCUT2D eigenvalue weighted by Crippen LogP contribution is 2.58. The summed E-state index contributed by atoms with van der Waals surface area (Å²) in [5.74, 6) is 1.24. The average Bonchev–Trinajstić information content (AvgIpc) is 3.00. The number of hydrogen-bond acceptors (Lipinski definition) is 3.